The molecule has 1 aliphatic rings. The molecule has 0 atom stereocenters. The van der Waals surface area contributed by atoms with Crippen LogP contribution in [-0.2, 0) is 22.7 Å². The average molecular weight is 326 g/mol. The second-order valence-electron chi connectivity index (χ2n) is 5.37. The molecule has 0 spiro atoms. The van der Waals surface area contributed by atoms with Gasteiger partial charge in [0, 0.05) is 39.0 Å². The number of likely N-dealkylation sites (tertiary alicyclic amines) is 1. The minimum atomic E-state index is 0. The van der Waals surface area contributed by atoms with Crippen LogP contribution in [0.1, 0.15) is 30.4 Å². The van der Waals surface area contributed by atoms with Crippen LogP contribution in [0.2, 0.25) is 0 Å². The molecule has 2 rings (SSSR count). The van der Waals surface area contributed by atoms with E-state index in [0.29, 0.717) is 32.5 Å². The molecule has 1 saturated heterocycles. The number of carbonyl (C=O) groups excluding carboxylic acids is 2. The van der Waals surface area contributed by atoms with Gasteiger partial charge in [0.1, 0.15) is 0 Å². The summed E-state index contributed by atoms with van der Waals surface area (Å²) in [7, 11) is 1.83. The summed E-state index contributed by atoms with van der Waals surface area (Å²) in [6, 6.07) is 8.07. The molecule has 1 heterocycles. The minimum Gasteiger partial charge on any atom is -0.352 e. The summed E-state index contributed by atoms with van der Waals surface area (Å²) >= 11 is 0. The van der Waals surface area contributed by atoms with Crippen LogP contribution in [0.25, 0.3) is 0 Å². The second-order valence-corrected chi connectivity index (χ2v) is 5.37. The number of carbonyl (C=O) groups is 2. The van der Waals surface area contributed by atoms with Crippen molar-refractivity contribution in [3.8, 4) is 0 Å². The second kappa shape index (κ2) is 9.43. The van der Waals surface area contributed by atoms with E-state index < -0.39 is 0 Å². The van der Waals surface area contributed by atoms with Gasteiger partial charge < -0.3 is 15.5 Å². The monoisotopic (exact) mass is 325 g/mol. The molecule has 1 aliphatic heterocycles. The Morgan fingerprint density at radius 3 is 2.50 bits per heavy atom. The van der Waals surface area contributed by atoms with Crippen LogP contribution in [0.4, 0.5) is 0 Å². The predicted molar refractivity (Wildman–Crippen MR) is 88.7 cm³/mol. The Morgan fingerprint density at radius 2 is 1.91 bits per heavy atom. The molecular formula is C16H24ClN3O2. The number of nitrogens with one attached hydrogen (secondary N) is 2. The molecule has 22 heavy (non-hydrogen) atoms. The molecule has 0 saturated carbocycles. The van der Waals surface area contributed by atoms with Gasteiger partial charge in [0.15, 0.2) is 0 Å². The van der Waals surface area contributed by atoms with Crippen molar-refractivity contribution in [2.75, 3.05) is 20.1 Å². The van der Waals surface area contributed by atoms with E-state index in [-0.39, 0.29) is 24.2 Å². The third kappa shape index (κ3) is 5.66. The van der Waals surface area contributed by atoms with Gasteiger partial charge in [-0.1, -0.05) is 24.3 Å². The first kappa shape index (κ1) is 18.5. The Labute approximate surface area is 137 Å². The fourth-order valence-electron chi connectivity index (χ4n) is 2.38. The molecule has 6 heteroatoms. The van der Waals surface area contributed by atoms with Crippen molar-refractivity contribution in [2.24, 2.45) is 0 Å². The molecular weight excluding hydrogens is 302 g/mol. The lowest BCUT2D eigenvalue weighted by atomic mass is 10.1. The van der Waals surface area contributed by atoms with Gasteiger partial charge in [0.05, 0.1) is 0 Å². The Kier molecular flexibility index (Phi) is 7.91. The maximum atomic E-state index is 11.6. The number of nitrogens with zero attached hydrogens (tertiary/aromatic N) is 1. The van der Waals surface area contributed by atoms with Crippen molar-refractivity contribution in [2.45, 2.75) is 32.4 Å². The van der Waals surface area contributed by atoms with Crippen molar-refractivity contribution in [1.82, 2.24) is 15.5 Å². The highest BCUT2D eigenvalue weighted by molar-refractivity contribution is 5.85. The maximum absolute atomic E-state index is 11.6. The minimum absolute atomic E-state index is 0. The van der Waals surface area contributed by atoms with Gasteiger partial charge in [-0.05, 0) is 24.6 Å². The van der Waals surface area contributed by atoms with E-state index in [9.17, 15) is 9.59 Å². The van der Waals surface area contributed by atoms with Crippen LogP contribution in [0.3, 0.4) is 0 Å². The molecule has 2 amide bonds. The molecule has 0 radical (unpaired) electrons. The van der Waals surface area contributed by atoms with E-state index in [1.54, 1.807) is 0 Å². The zero-order valence-electron chi connectivity index (χ0n) is 12.9. The van der Waals surface area contributed by atoms with Crippen molar-refractivity contribution < 1.29 is 9.59 Å². The van der Waals surface area contributed by atoms with E-state index in [2.05, 4.69) is 10.6 Å². The third-order valence-electron chi connectivity index (χ3n) is 3.66. The Bertz CT molecular complexity index is 491. The number of hydrogen-bond acceptors (Lipinski definition) is 3. The van der Waals surface area contributed by atoms with Crippen LogP contribution in [-0.4, -0.2) is 36.9 Å². The van der Waals surface area contributed by atoms with Gasteiger partial charge in [-0.15, -0.1) is 12.4 Å². The van der Waals surface area contributed by atoms with Crippen molar-refractivity contribution in [1.29, 1.82) is 0 Å². The van der Waals surface area contributed by atoms with Crippen molar-refractivity contribution in [3.05, 3.63) is 35.4 Å². The first-order valence-corrected chi connectivity index (χ1v) is 7.46. The summed E-state index contributed by atoms with van der Waals surface area (Å²) < 4.78 is 0. The van der Waals surface area contributed by atoms with Crippen molar-refractivity contribution in [3.63, 3.8) is 0 Å². The largest absolute Gasteiger partial charge is 0.352 e. The zero-order chi connectivity index (χ0) is 15.1. The Morgan fingerprint density at radius 1 is 1.23 bits per heavy atom. The molecule has 1 fully saturated rings. The number of amides is 2. The summed E-state index contributed by atoms with van der Waals surface area (Å²) in [5.74, 6) is 0.298. The Balaban J connectivity index is 0.00000242. The van der Waals surface area contributed by atoms with Crippen molar-refractivity contribution >= 4 is 24.2 Å². The third-order valence-corrected chi connectivity index (χ3v) is 3.66. The molecule has 122 valence electrons. The quantitative estimate of drug-likeness (QED) is 0.798. The van der Waals surface area contributed by atoms with E-state index in [1.807, 2.05) is 36.2 Å². The predicted octanol–water partition coefficient (Wildman–Crippen LogP) is 1.46. The SMILES string of the molecule is CNCCC(=O)NCc1ccc(CN2CCCC2=O)cc1.Cl. The van der Waals surface area contributed by atoms with Crippen LogP contribution < -0.4 is 10.6 Å². The molecule has 0 bridgehead atoms. The highest BCUT2D eigenvalue weighted by atomic mass is 35.5. The van der Waals surface area contributed by atoms with Crippen LogP contribution in [0, 0.1) is 0 Å². The Hall–Kier alpha value is -1.59. The summed E-state index contributed by atoms with van der Waals surface area (Å²) in [4.78, 5) is 25.0. The standard InChI is InChI=1S/C16H23N3O2.ClH/c1-17-9-8-15(20)18-11-13-4-6-14(7-5-13)12-19-10-2-3-16(19)21;/h4-7,17H,2-3,8-12H2,1H3,(H,18,20);1H. The summed E-state index contributed by atoms with van der Waals surface area (Å²) in [6.45, 7) is 2.79. The number of halogens is 1. The topological polar surface area (TPSA) is 61.4 Å². The fourth-order valence-corrected chi connectivity index (χ4v) is 2.38. The summed E-state index contributed by atoms with van der Waals surface area (Å²) in [6.07, 6.45) is 2.14. The molecule has 0 aromatic heterocycles. The number of benzene rings is 1. The van der Waals surface area contributed by atoms with E-state index in [0.717, 1.165) is 24.1 Å². The molecule has 0 unspecified atom stereocenters. The van der Waals surface area contributed by atoms with Crippen LogP contribution >= 0.6 is 12.4 Å². The molecule has 0 aliphatic carbocycles. The highest BCUT2D eigenvalue weighted by Gasteiger charge is 2.19. The lowest BCUT2D eigenvalue weighted by molar-refractivity contribution is -0.128. The summed E-state index contributed by atoms with van der Waals surface area (Å²) in [5, 5.41) is 5.84. The first-order valence-electron chi connectivity index (χ1n) is 7.46. The van der Waals surface area contributed by atoms with E-state index in [4.69, 9.17) is 0 Å². The molecule has 1 aromatic carbocycles. The van der Waals surface area contributed by atoms with Gasteiger partial charge in [0.25, 0.3) is 0 Å². The number of rotatable bonds is 7. The lowest BCUT2D eigenvalue weighted by Crippen LogP contribution is -2.26. The summed E-state index contributed by atoms with van der Waals surface area (Å²) in [5.41, 5.74) is 2.21. The maximum Gasteiger partial charge on any atom is 0.222 e. The van der Waals surface area contributed by atoms with Gasteiger partial charge in [-0.2, -0.15) is 0 Å². The highest BCUT2D eigenvalue weighted by Crippen LogP contribution is 2.14. The van der Waals surface area contributed by atoms with Gasteiger partial charge >= 0.3 is 0 Å². The normalized spacial score (nSPS) is 13.9. The average Bonchev–Trinajstić information content (AvgIpc) is 2.89. The van der Waals surface area contributed by atoms with E-state index >= 15 is 0 Å². The zero-order valence-corrected chi connectivity index (χ0v) is 13.7. The lowest BCUT2D eigenvalue weighted by Gasteiger charge is -2.15. The van der Waals surface area contributed by atoms with Crippen LogP contribution in [0.5, 0.6) is 0 Å². The number of hydrogen-bond donors (Lipinski definition) is 2. The molecule has 2 N–H and O–H groups in total. The smallest absolute Gasteiger partial charge is 0.222 e. The van der Waals surface area contributed by atoms with Crippen LogP contribution in [0.15, 0.2) is 24.3 Å². The molecule has 5 nitrogen and oxygen atoms in total. The van der Waals surface area contributed by atoms with E-state index in [1.165, 1.54) is 0 Å². The first-order chi connectivity index (χ1) is 10.2. The van der Waals surface area contributed by atoms with Gasteiger partial charge in [0.2, 0.25) is 11.8 Å². The van der Waals surface area contributed by atoms with Gasteiger partial charge in [-0.3, -0.25) is 9.59 Å². The van der Waals surface area contributed by atoms with Gasteiger partial charge in [-0.25, -0.2) is 0 Å². The molecule has 1 aromatic rings. The fraction of sp³-hybridized carbons (Fsp3) is 0.500.